The van der Waals surface area contributed by atoms with E-state index in [1.54, 1.807) is 100 Å². The van der Waals surface area contributed by atoms with Crippen molar-refractivity contribution in [3.05, 3.63) is 101 Å². The fourth-order valence-electron chi connectivity index (χ4n) is 5.62. The van der Waals surface area contributed by atoms with Crippen molar-refractivity contribution in [3.8, 4) is 11.4 Å². The van der Waals surface area contributed by atoms with Gasteiger partial charge in [-0.15, -0.1) is 0 Å². The molecule has 5 aromatic rings. The van der Waals surface area contributed by atoms with Crippen LogP contribution in [0.1, 0.15) is 83.2 Å². The molecule has 0 N–H and O–H groups in total. The molecule has 0 radical (unpaired) electrons. The Hall–Kier alpha value is -5.20. The third-order valence-electron chi connectivity index (χ3n) is 7.71. The van der Waals surface area contributed by atoms with Gasteiger partial charge in [0, 0.05) is 18.2 Å². The maximum Gasteiger partial charge on any atom is 0.435 e. The summed E-state index contributed by atoms with van der Waals surface area (Å²) in [6.45, 7) is 7.08. The second-order valence-corrected chi connectivity index (χ2v) is 12.4. The molecule has 1 atom stereocenters. The summed E-state index contributed by atoms with van der Waals surface area (Å²) in [5.74, 6) is 0.0928. The first kappa shape index (κ1) is 31.8. The summed E-state index contributed by atoms with van der Waals surface area (Å²) in [4.78, 5) is 31.8. The Bertz CT molecular complexity index is 1970. The van der Waals surface area contributed by atoms with Crippen LogP contribution in [0.25, 0.3) is 11.3 Å². The van der Waals surface area contributed by atoms with Gasteiger partial charge in [0.15, 0.2) is 11.3 Å². The molecule has 13 heteroatoms. The largest absolute Gasteiger partial charge is 0.484 e. The normalized spacial score (nSPS) is 14.9. The first-order valence-electron chi connectivity index (χ1n) is 15.1. The lowest BCUT2D eigenvalue weighted by Crippen LogP contribution is -2.26. The fraction of sp³-hybridized carbons (Fsp3) is 0.324. The lowest BCUT2D eigenvalue weighted by atomic mass is 9.92. The van der Waals surface area contributed by atoms with E-state index in [1.165, 1.54) is 15.6 Å². The van der Waals surface area contributed by atoms with Crippen molar-refractivity contribution in [1.29, 1.82) is 0 Å². The number of halogens is 3. The summed E-state index contributed by atoms with van der Waals surface area (Å²) in [5, 5.41) is 8.34. The average Bonchev–Trinajstić information content (AvgIpc) is 3.60. The Kier molecular flexibility index (Phi) is 8.02. The predicted octanol–water partition coefficient (Wildman–Crippen LogP) is 6.93. The standard InChI is InChI=1S/C34H33F3N6O4/c1-20-38-28-17-14-24(19-42(28)39-20)41(5)31(44)22-8-6-9-23(18-22)43-29-26(30(40-43)34(35,36)37)10-7-11-27(29)46-25-15-12-21(13-16-25)32(45)47-33(2,3)4/h6,8-9,12-19,27H,7,10-11H2,1-5H3. The molecule has 0 aliphatic heterocycles. The second kappa shape index (κ2) is 11.9. The lowest BCUT2D eigenvalue weighted by molar-refractivity contribution is -0.142. The maximum atomic E-state index is 14.3. The number of aryl methyl sites for hydroxylation is 1. The van der Waals surface area contributed by atoms with Gasteiger partial charge < -0.3 is 14.4 Å². The first-order valence-corrected chi connectivity index (χ1v) is 15.1. The number of hydrogen-bond acceptors (Lipinski definition) is 7. The zero-order chi connectivity index (χ0) is 33.7. The molecule has 0 bridgehead atoms. The highest BCUT2D eigenvalue weighted by atomic mass is 19.4. The molecule has 10 nitrogen and oxygen atoms in total. The number of carbonyl (C=O) groups excluding carboxylic acids is 2. The van der Waals surface area contributed by atoms with Crippen LogP contribution >= 0.6 is 0 Å². The zero-order valence-corrected chi connectivity index (χ0v) is 26.5. The number of amides is 1. The minimum Gasteiger partial charge on any atom is -0.484 e. The van der Waals surface area contributed by atoms with Crippen molar-refractivity contribution in [2.75, 3.05) is 11.9 Å². The fourth-order valence-corrected chi connectivity index (χ4v) is 5.62. The van der Waals surface area contributed by atoms with Crippen LogP contribution in [-0.2, 0) is 17.3 Å². The molecule has 0 fully saturated rings. The van der Waals surface area contributed by atoms with Gasteiger partial charge in [0.25, 0.3) is 5.91 Å². The number of nitrogens with zero attached hydrogens (tertiary/aromatic N) is 6. The number of fused-ring (bicyclic) bond motifs is 2. The molecule has 244 valence electrons. The molecule has 0 spiro atoms. The molecule has 2 aromatic carbocycles. The molecular formula is C34H33F3N6O4. The first-order chi connectivity index (χ1) is 22.2. The maximum absolute atomic E-state index is 14.3. The number of carbonyl (C=O) groups is 2. The summed E-state index contributed by atoms with van der Waals surface area (Å²) in [6.07, 6.45) is -2.71. The number of pyridine rings is 1. The Morgan fingerprint density at radius 1 is 0.979 bits per heavy atom. The SMILES string of the molecule is Cc1nc2ccc(N(C)C(=O)c3cccc(-n4nc(C(F)(F)F)c5c4C(Oc4ccc(C(=O)OC(C)(C)C)cc4)CCC5)c3)cn2n1. The van der Waals surface area contributed by atoms with E-state index in [1.807, 2.05) is 0 Å². The second-order valence-electron chi connectivity index (χ2n) is 12.4. The number of esters is 1. The number of benzene rings is 2. The molecule has 47 heavy (non-hydrogen) atoms. The topological polar surface area (TPSA) is 104 Å². The molecule has 1 unspecified atom stereocenters. The molecule has 3 heterocycles. The van der Waals surface area contributed by atoms with Gasteiger partial charge in [-0.05, 0) is 102 Å². The Morgan fingerprint density at radius 2 is 1.72 bits per heavy atom. The van der Waals surface area contributed by atoms with Crippen LogP contribution in [-0.4, -0.2) is 48.9 Å². The van der Waals surface area contributed by atoms with E-state index in [0.717, 1.165) is 0 Å². The Balaban J connectivity index is 1.32. The summed E-state index contributed by atoms with van der Waals surface area (Å²) < 4.78 is 57.3. The molecule has 6 rings (SSSR count). The summed E-state index contributed by atoms with van der Waals surface area (Å²) >= 11 is 0. The zero-order valence-electron chi connectivity index (χ0n) is 26.5. The van der Waals surface area contributed by atoms with Crippen molar-refractivity contribution in [2.24, 2.45) is 0 Å². The van der Waals surface area contributed by atoms with Crippen LogP contribution in [0, 0.1) is 6.92 Å². The molecule has 3 aromatic heterocycles. The quantitative estimate of drug-likeness (QED) is 0.184. The minimum absolute atomic E-state index is 0.0596. The summed E-state index contributed by atoms with van der Waals surface area (Å²) in [5.41, 5.74) is 0.734. The van der Waals surface area contributed by atoms with E-state index in [9.17, 15) is 22.8 Å². The van der Waals surface area contributed by atoms with Crippen LogP contribution in [0.5, 0.6) is 5.75 Å². The number of rotatable bonds is 6. The van der Waals surface area contributed by atoms with Crippen LogP contribution in [0.3, 0.4) is 0 Å². The van der Waals surface area contributed by atoms with Gasteiger partial charge >= 0.3 is 12.1 Å². The molecule has 1 aliphatic rings. The van der Waals surface area contributed by atoms with Crippen LogP contribution in [0.2, 0.25) is 0 Å². The molecule has 1 aliphatic carbocycles. The highest BCUT2D eigenvalue weighted by Gasteiger charge is 2.42. The van der Waals surface area contributed by atoms with Crippen molar-refractivity contribution >= 4 is 23.2 Å². The van der Waals surface area contributed by atoms with Crippen molar-refractivity contribution in [3.63, 3.8) is 0 Å². The third kappa shape index (κ3) is 6.56. The van der Waals surface area contributed by atoms with E-state index in [0.29, 0.717) is 41.3 Å². The predicted molar refractivity (Wildman–Crippen MR) is 167 cm³/mol. The third-order valence-corrected chi connectivity index (χ3v) is 7.71. The minimum atomic E-state index is -4.70. The van der Waals surface area contributed by atoms with Gasteiger partial charge in [0.2, 0.25) is 0 Å². The van der Waals surface area contributed by atoms with Crippen LogP contribution in [0.15, 0.2) is 66.9 Å². The number of anilines is 1. The Morgan fingerprint density at radius 3 is 2.43 bits per heavy atom. The van der Waals surface area contributed by atoms with Gasteiger partial charge in [-0.3, -0.25) is 4.79 Å². The van der Waals surface area contributed by atoms with Crippen molar-refractivity contribution < 1.29 is 32.2 Å². The molecule has 1 amide bonds. The summed E-state index contributed by atoms with van der Waals surface area (Å²) in [6, 6.07) is 16.1. The molecule has 0 saturated carbocycles. The molecule has 0 saturated heterocycles. The van der Waals surface area contributed by atoms with E-state index in [-0.39, 0.29) is 34.8 Å². The van der Waals surface area contributed by atoms with E-state index < -0.39 is 29.5 Å². The highest BCUT2D eigenvalue weighted by Crippen LogP contribution is 2.42. The lowest BCUT2D eigenvalue weighted by Gasteiger charge is -2.26. The van der Waals surface area contributed by atoms with Crippen molar-refractivity contribution in [2.45, 2.75) is 64.8 Å². The number of aromatic nitrogens is 5. The van der Waals surface area contributed by atoms with Crippen LogP contribution in [0.4, 0.5) is 18.9 Å². The summed E-state index contributed by atoms with van der Waals surface area (Å²) in [7, 11) is 1.61. The van der Waals surface area contributed by atoms with E-state index in [2.05, 4.69) is 15.2 Å². The van der Waals surface area contributed by atoms with E-state index >= 15 is 0 Å². The Labute approximate surface area is 268 Å². The highest BCUT2D eigenvalue weighted by molar-refractivity contribution is 6.06. The average molecular weight is 647 g/mol. The van der Waals surface area contributed by atoms with Gasteiger partial charge in [0.05, 0.1) is 28.8 Å². The number of hydrogen-bond donors (Lipinski definition) is 0. The smallest absolute Gasteiger partial charge is 0.435 e. The molecular weight excluding hydrogens is 613 g/mol. The number of alkyl halides is 3. The van der Waals surface area contributed by atoms with Gasteiger partial charge in [0.1, 0.15) is 23.3 Å². The van der Waals surface area contributed by atoms with Gasteiger partial charge in [-0.25, -0.2) is 19.0 Å². The van der Waals surface area contributed by atoms with Crippen LogP contribution < -0.4 is 9.64 Å². The van der Waals surface area contributed by atoms with Crippen molar-refractivity contribution in [1.82, 2.24) is 24.4 Å². The number of ether oxygens (including phenoxy) is 2. The monoisotopic (exact) mass is 646 g/mol. The van der Waals surface area contributed by atoms with Gasteiger partial charge in [-0.1, -0.05) is 6.07 Å². The van der Waals surface area contributed by atoms with Gasteiger partial charge in [-0.2, -0.15) is 23.4 Å². The van der Waals surface area contributed by atoms with E-state index in [4.69, 9.17) is 9.47 Å².